The minimum Gasteiger partial charge on any atom is -0.468 e. The molecule has 0 aromatic heterocycles. The largest absolute Gasteiger partial charge is 0.468 e. The SMILES string of the molecule is COC(=O)C(C)NCC(F)(F)c1ccccc1. The summed E-state index contributed by atoms with van der Waals surface area (Å²) in [4.78, 5) is 11.0. The molecule has 0 heterocycles. The van der Waals surface area contributed by atoms with E-state index < -0.39 is 24.5 Å². The smallest absolute Gasteiger partial charge is 0.322 e. The van der Waals surface area contributed by atoms with Crippen LogP contribution in [-0.4, -0.2) is 25.7 Å². The molecule has 1 N–H and O–H groups in total. The first-order chi connectivity index (χ1) is 7.97. The number of esters is 1. The fraction of sp³-hybridized carbons (Fsp3) is 0.417. The summed E-state index contributed by atoms with van der Waals surface area (Å²) in [5, 5.41) is 2.45. The van der Waals surface area contributed by atoms with Gasteiger partial charge in [0, 0.05) is 5.56 Å². The fourth-order valence-electron chi connectivity index (χ4n) is 1.33. The molecule has 94 valence electrons. The number of benzene rings is 1. The number of carbonyl (C=O) groups excluding carboxylic acids is 1. The molecule has 0 saturated carbocycles. The van der Waals surface area contributed by atoms with Gasteiger partial charge in [-0.25, -0.2) is 0 Å². The van der Waals surface area contributed by atoms with Crippen LogP contribution in [0.4, 0.5) is 8.78 Å². The van der Waals surface area contributed by atoms with Gasteiger partial charge in [0.15, 0.2) is 0 Å². The van der Waals surface area contributed by atoms with Crippen molar-refractivity contribution in [1.82, 2.24) is 5.32 Å². The topological polar surface area (TPSA) is 38.3 Å². The predicted molar refractivity (Wildman–Crippen MR) is 59.8 cm³/mol. The number of halogens is 2. The molecule has 1 unspecified atom stereocenters. The first-order valence-corrected chi connectivity index (χ1v) is 5.22. The van der Waals surface area contributed by atoms with E-state index in [4.69, 9.17) is 0 Å². The van der Waals surface area contributed by atoms with Crippen LogP contribution in [0.2, 0.25) is 0 Å². The molecule has 3 nitrogen and oxygen atoms in total. The van der Waals surface area contributed by atoms with Crippen LogP contribution in [0, 0.1) is 0 Å². The van der Waals surface area contributed by atoms with Crippen LogP contribution >= 0.6 is 0 Å². The monoisotopic (exact) mass is 243 g/mol. The Labute approximate surface area is 98.8 Å². The summed E-state index contributed by atoms with van der Waals surface area (Å²) in [5.74, 6) is -3.57. The Hall–Kier alpha value is -1.49. The van der Waals surface area contributed by atoms with Gasteiger partial charge < -0.3 is 4.74 Å². The van der Waals surface area contributed by atoms with E-state index in [1.807, 2.05) is 0 Å². The van der Waals surface area contributed by atoms with Crippen molar-refractivity contribution in [1.29, 1.82) is 0 Å². The summed E-state index contributed by atoms with van der Waals surface area (Å²) in [5.41, 5.74) is -0.0791. The van der Waals surface area contributed by atoms with Crippen molar-refractivity contribution in [2.75, 3.05) is 13.7 Å². The van der Waals surface area contributed by atoms with E-state index in [1.54, 1.807) is 18.2 Å². The van der Waals surface area contributed by atoms with E-state index >= 15 is 0 Å². The standard InChI is InChI=1S/C12H15F2NO2/c1-9(11(16)17-2)15-8-12(13,14)10-6-4-3-5-7-10/h3-7,9,15H,8H2,1-2H3. The Kier molecular flexibility index (Phi) is 4.57. The maximum Gasteiger partial charge on any atom is 0.322 e. The number of alkyl halides is 2. The van der Waals surface area contributed by atoms with E-state index in [-0.39, 0.29) is 5.56 Å². The molecule has 0 amide bonds. The van der Waals surface area contributed by atoms with Crippen LogP contribution < -0.4 is 5.32 Å². The maximum absolute atomic E-state index is 13.7. The van der Waals surface area contributed by atoms with Gasteiger partial charge in [-0.15, -0.1) is 0 Å². The Morgan fingerprint density at radius 3 is 2.53 bits per heavy atom. The molecule has 0 fully saturated rings. The Morgan fingerprint density at radius 1 is 1.41 bits per heavy atom. The van der Waals surface area contributed by atoms with E-state index in [0.717, 1.165) is 0 Å². The molecule has 1 aromatic carbocycles. The summed E-state index contributed by atoms with van der Waals surface area (Å²) in [6.07, 6.45) is 0. The first kappa shape index (κ1) is 13.6. The lowest BCUT2D eigenvalue weighted by Gasteiger charge is -2.19. The highest BCUT2D eigenvalue weighted by Crippen LogP contribution is 2.26. The molecule has 1 rings (SSSR count). The van der Waals surface area contributed by atoms with Gasteiger partial charge in [-0.2, -0.15) is 8.78 Å². The van der Waals surface area contributed by atoms with E-state index in [9.17, 15) is 13.6 Å². The molecular weight excluding hydrogens is 228 g/mol. The lowest BCUT2D eigenvalue weighted by molar-refractivity contribution is -0.143. The van der Waals surface area contributed by atoms with Crippen molar-refractivity contribution in [2.45, 2.75) is 18.9 Å². The molecule has 0 radical (unpaired) electrons. The van der Waals surface area contributed by atoms with E-state index in [2.05, 4.69) is 10.1 Å². The molecule has 0 spiro atoms. The molecular formula is C12H15F2NO2. The minimum atomic E-state index is -3.01. The van der Waals surface area contributed by atoms with Crippen LogP contribution in [-0.2, 0) is 15.5 Å². The molecule has 0 aliphatic heterocycles. The quantitative estimate of drug-likeness (QED) is 0.803. The van der Waals surface area contributed by atoms with E-state index in [1.165, 1.54) is 26.2 Å². The minimum absolute atomic E-state index is 0.0791. The summed E-state index contributed by atoms with van der Waals surface area (Å²) >= 11 is 0. The third-order valence-corrected chi connectivity index (χ3v) is 2.38. The number of hydrogen-bond donors (Lipinski definition) is 1. The van der Waals surface area contributed by atoms with Gasteiger partial charge in [0.1, 0.15) is 6.04 Å². The lowest BCUT2D eigenvalue weighted by Crippen LogP contribution is -2.41. The second-order valence-electron chi connectivity index (χ2n) is 3.70. The van der Waals surface area contributed by atoms with Crippen molar-refractivity contribution in [2.24, 2.45) is 0 Å². The predicted octanol–water partition coefficient (Wildman–Crippen LogP) is 1.93. The van der Waals surface area contributed by atoms with Crippen LogP contribution in [0.1, 0.15) is 12.5 Å². The van der Waals surface area contributed by atoms with Gasteiger partial charge in [0.25, 0.3) is 5.92 Å². The molecule has 5 heteroatoms. The number of rotatable bonds is 5. The molecule has 0 saturated heterocycles. The zero-order valence-corrected chi connectivity index (χ0v) is 9.74. The molecule has 17 heavy (non-hydrogen) atoms. The first-order valence-electron chi connectivity index (χ1n) is 5.22. The highest BCUT2D eigenvalue weighted by molar-refractivity contribution is 5.75. The van der Waals surface area contributed by atoms with E-state index in [0.29, 0.717) is 0 Å². The molecule has 1 aromatic rings. The Balaban J connectivity index is 2.59. The van der Waals surface area contributed by atoms with Crippen molar-refractivity contribution in [3.05, 3.63) is 35.9 Å². The van der Waals surface area contributed by atoms with Gasteiger partial charge in [0.2, 0.25) is 0 Å². The normalized spacial score (nSPS) is 13.2. The number of nitrogens with one attached hydrogen (secondary N) is 1. The third kappa shape index (κ3) is 3.78. The second-order valence-corrected chi connectivity index (χ2v) is 3.70. The average molecular weight is 243 g/mol. The second kappa shape index (κ2) is 5.72. The van der Waals surface area contributed by atoms with Crippen molar-refractivity contribution in [3.63, 3.8) is 0 Å². The van der Waals surface area contributed by atoms with Crippen molar-refractivity contribution >= 4 is 5.97 Å². The van der Waals surface area contributed by atoms with Crippen molar-refractivity contribution in [3.8, 4) is 0 Å². The molecule has 1 atom stereocenters. The van der Waals surface area contributed by atoms with Gasteiger partial charge in [-0.1, -0.05) is 30.3 Å². The molecule has 0 aliphatic rings. The van der Waals surface area contributed by atoms with Crippen LogP contribution in [0.25, 0.3) is 0 Å². The highest BCUT2D eigenvalue weighted by Gasteiger charge is 2.32. The Bertz CT molecular complexity index is 368. The summed E-state index contributed by atoms with van der Waals surface area (Å²) < 4.78 is 31.8. The van der Waals surface area contributed by atoms with Crippen molar-refractivity contribution < 1.29 is 18.3 Å². The average Bonchev–Trinajstić information content (AvgIpc) is 2.36. The molecule has 0 aliphatic carbocycles. The summed E-state index contributed by atoms with van der Waals surface area (Å²) in [6, 6.07) is 6.72. The lowest BCUT2D eigenvalue weighted by atomic mass is 10.1. The number of methoxy groups -OCH3 is 1. The Morgan fingerprint density at radius 2 is 2.00 bits per heavy atom. The molecule has 0 bridgehead atoms. The zero-order valence-electron chi connectivity index (χ0n) is 9.74. The van der Waals surface area contributed by atoms with Gasteiger partial charge in [-0.05, 0) is 6.92 Å². The summed E-state index contributed by atoms with van der Waals surface area (Å²) in [7, 11) is 1.22. The van der Waals surface area contributed by atoms with Crippen LogP contribution in [0.5, 0.6) is 0 Å². The number of ether oxygens (including phenoxy) is 1. The fourth-order valence-corrected chi connectivity index (χ4v) is 1.33. The third-order valence-electron chi connectivity index (χ3n) is 2.38. The van der Waals surface area contributed by atoms with Crippen LogP contribution in [0.15, 0.2) is 30.3 Å². The van der Waals surface area contributed by atoms with Gasteiger partial charge in [-0.3, -0.25) is 10.1 Å². The highest BCUT2D eigenvalue weighted by atomic mass is 19.3. The zero-order chi connectivity index (χ0) is 12.9. The maximum atomic E-state index is 13.7. The number of carbonyl (C=O) groups is 1. The number of hydrogen-bond acceptors (Lipinski definition) is 3. The summed E-state index contributed by atoms with van der Waals surface area (Å²) in [6.45, 7) is 0.875. The van der Waals surface area contributed by atoms with Crippen LogP contribution in [0.3, 0.4) is 0 Å². The van der Waals surface area contributed by atoms with Gasteiger partial charge >= 0.3 is 5.97 Å². The van der Waals surface area contributed by atoms with Gasteiger partial charge in [0.05, 0.1) is 13.7 Å².